The first-order valence-electron chi connectivity index (χ1n) is 7.53. The van der Waals surface area contributed by atoms with E-state index in [0.717, 1.165) is 19.6 Å². The summed E-state index contributed by atoms with van der Waals surface area (Å²) in [6.07, 6.45) is 0. The average molecular weight is 311 g/mol. The van der Waals surface area contributed by atoms with Crippen molar-refractivity contribution in [3.05, 3.63) is 27.7 Å². The Balaban J connectivity index is 2.33. The van der Waals surface area contributed by atoms with E-state index in [9.17, 15) is 15.0 Å². The molecule has 124 valence electrons. The van der Waals surface area contributed by atoms with Crippen molar-refractivity contribution in [2.24, 2.45) is 0 Å². The van der Waals surface area contributed by atoms with Gasteiger partial charge in [0.15, 0.2) is 5.75 Å². The molecule has 7 nitrogen and oxygen atoms in total. The predicted octanol–water partition coefficient (Wildman–Crippen LogP) is -0.560. The van der Waals surface area contributed by atoms with E-state index in [2.05, 4.69) is 4.90 Å². The molecule has 0 amide bonds. The van der Waals surface area contributed by atoms with Crippen LogP contribution in [0.1, 0.15) is 11.4 Å². The van der Waals surface area contributed by atoms with Gasteiger partial charge in [-0.15, -0.1) is 0 Å². The minimum absolute atomic E-state index is 0.220. The van der Waals surface area contributed by atoms with Crippen molar-refractivity contribution in [3.8, 4) is 5.75 Å². The number of aromatic hydroxyl groups is 1. The summed E-state index contributed by atoms with van der Waals surface area (Å²) in [5.74, 6) is -0.220. The highest BCUT2D eigenvalue weighted by Gasteiger charge is 2.19. The SMILES string of the molecule is CN(C)CCn1c(CO)cc(=O)c(O)c1CN1CCOCC1. The number of nitrogens with zero attached hydrogens (tertiary/aromatic N) is 3. The number of likely N-dealkylation sites (N-methyl/N-ethyl adjacent to an activating group) is 1. The number of aromatic nitrogens is 1. The van der Waals surface area contributed by atoms with Crippen molar-refractivity contribution >= 4 is 0 Å². The van der Waals surface area contributed by atoms with E-state index in [1.807, 2.05) is 23.6 Å². The van der Waals surface area contributed by atoms with Crippen molar-refractivity contribution in [1.29, 1.82) is 0 Å². The number of pyridine rings is 1. The molecule has 0 spiro atoms. The summed E-state index contributed by atoms with van der Waals surface area (Å²) in [5.41, 5.74) is 0.668. The highest BCUT2D eigenvalue weighted by molar-refractivity contribution is 5.30. The maximum atomic E-state index is 11.9. The summed E-state index contributed by atoms with van der Waals surface area (Å²) in [5, 5.41) is 19.7. The first-order chi connectivity index (χ1) is 10.5. The van der Waals surface area contributed by atoms with Gasteiger partial charge in [0, 0.05) is 44.5 Å². The van der Waals surface area contributed by atoms with Gasteiger partial charge in [-0.1, -0.05) is 0 Å². The predicted molar refractivity (Wildman–Crippen MR) is 82.9 cm³/mol. The fourth-order valence-electron chi connectivity index (χ4n) is 2.58. The molecule has 0 bridgehead atoms. The van der Waals surface area contributed by atoms with Crippen LogP contribution in [0, 0.1) is 0 Å². The zero-order valence-electron chi connectivity index (χ0n) is 13.3. The van der Waals surface area contributed by atoms with Crippen molar-refractivity contribution < 1.29 is 14.9 Å². The number of ether oxygens (including phenoxy) is 1. The molecule has 1 fully saturated rings. The van der Waals surface area contributed by atoms with Crippen LogP contribution in [0.15, 0.2) is 10.9 Å². The summed E-state index contributed by atoms with van der Waals surface area (Å²) in [4.78, 5) is 16.1. The standard InChI is InChI=1S/C15H25N3O4/c1-16(2)3-4-18-12(11-19)9-14(20)15(21)13(18)10-17-5-7-22-8-6-17/h9,19,21H,3-8,10-11H2,1-2H3. The van der Waals surface area contributed by atoms with Gasteiger partial charge in [0.25, 0.3) is 0 Å². The second-order valence-corrected chi connectivity index (χ2v) is 5.80. The summed E-state index contributed by atoms with van der Waals surface area (Å²) >= 11 is 0. The van der Waals surface area contributed by atoms with Gasteiger partial charge in [-0.05, 0) is 14.1 Å². The Morgan fingerprint density at radius 3 is 2.59 bits per heavy atom. The zero-order chi connectivity index (χ0) is 16.1. The number of morpholine rings is 1. The molecule has 1 aromatic heterocycles. The van der Waals surface area contributed by atoms with Gasteiger partial charge in [0.1, 0.15) is 0 Å². The Morgan fingerprint density at radius 2 is 2.00 bits per heavy atom. The number of aliphatic hydroxyl groups excluding tert-OH is 1. The Morgan fingerprint density at radius 1 is 1.32 bits per heavy atom. The van der Waals surface area contributed by atoms with E-state index in [0.29, 0.717) is 37.7 Å². The normalized spacial score (nSPS) is 16.4. The van der Waals surface area contributed by atoms with E-state index in [4.69, 9.17) is 4.74 Å². The van der Waals surface area contributed by atoms with Crippen LogP contribution < -0.4 is 5.43 Å². The lowest BCUT2D eigenvalue weighted by Crippen LogP contribution is -2.37. The van der Waals surface area contributed by atoms with E-state index >= 15 is 0 Å². The second kappa shape index (κ2) is 7.73. The molecule has 0 atom stereocenters. The Bertz CT molecular complexity index is 550. The van der Waals surface area contributed by atoms with Crippen molar-refractivity contribution in [1.82, 2.24) is 14.4 Å². The molecule has 1 aromatic rings. The van der Waals surface area contributed by atoms with E-state index in [1.54, 1.807) is 0 Å². The molecular formula is C15H25N3O4. The largest absolute Gasteiger partial charge is 0.503 e. The molecule has 7 heteroatoms. The lowest BCUT2D eigenvalue weighted by molar-refractivity contribution is 0.0325. The van der Waals surface area contributed by atoms with E-state index in [-0.39, 0.29) is 12.4 Å². The molecule has 0 aromatic carbocycles. The molecule has 0 saturated carbocycles. The summed E-state index contributed by atoms with van der Waals surface area (Å²) in [6, 6.07) is 1.31. The molecule has 0 aliphatic carbocycles. The van der Waals surface area contributed by atoms with Crippen LogP contribution in [-0.4, -0.2) is 71.5 Å². The monoisotopic (exact) mass is 311 g/mol. The van der Waals surface area contributed by atoms with Crippen LogP contribution in [0.3, 0.4) is 0 Å². The average Bonchev–Trinajstić information content (AvgIpc) is 2.51. The van der Waals surface area contributed by atoms with Crippen LogP contribution in [0.5, 0.6) is 5.75 Å². The number of rotatable bonds is 6. The molecule has 1 saturated heterocycles. The van der Waals surface area contributed by atoms with E-state index < -0.39 is 5.43 Å². The third kappa shape index (κ3) is 4.07. The minimum atomic E-state index is -0.437. The van der Waals surface area contributed by atoms with Gasteiger partial charge in [-0.25, -0.2) is 0 Å². The highest BCUT2D eigenvalue weighted by Crippen LogP contribution is 2.18. The molecule has 1 aliphatic heterocycles. The van der Waals surface area contributed by atoms with Crippen molar-refractivity contribution in [2.45, 2.75) is 19.7 Å². The number of hydrogen-bond donors (Lipinski definition) is 2. The quantitative estimate of drug-likeness (QED) is 0.733. The van der Waals surface area contributed by atoms with Gasteiger partial charge in [-0.2, -0.15) is 0 Å². The third-order valence-electron chi connectivity index (χ3n) is 3.89. The number of hydrogen-bond acceptors (Lipinski definition) is 6. The maximum Gasteiger partial charge on any atom is 0.223 e. The third-order valence-corrected chi connectivity index (χ3v) is 3.89. The van der Waals surface area contributed by atoms with E-state index in [1.165, 1.54) is 6.07 Å². The fraction of sp³-hybridized carbons (Fsp3) is 0.667. The molecule has 2 N–H and O–H groups in total. The van der Waals surface area contributed by atoms with Gasteiger partial charge in [0.05, 0.1) is 25.5 Å². The summed E-state index contributed by atoms with van der Waals surface area (Å²) < 4.78 is 7.18. The Kier molecular flexibility index (Phi) is 5.96. The molecule has 0 radical (unpaired) electrons. The fourth-order valence-corrected chi connectivity index (χ4v) is 2.58. The van der Waals surface area contributed by atoms with Crippen LogP contribution in [0.25, 0.3) is 0 Å². The Hall–Kier alpha value is -1.41. The van der Waals surface area contributed by atoms with Crippen LogP contribution in [0.4, 0.5) is 0 Å². The zero-order valence-corrected chi connectivity index (χ0v) is 13.3. The molecule has 2 heterocycles. The minimum Gasteiger partial charge on any atom is -0.503 e. The van der Waals surface area contributed by atoms with Gasteiger partial charge >= 0.3 is 0 Å². The van der Waals surface area contributed by atoms with Crippen molar-refractivity contribution in [2.75, 3.05) is 46.9 Å². The maximum absolute atomic E-state index is 11.9. The van der Waals surface area contributed by atoms with Gasteiger partial charge < -0.3 is 24.4 Å². The molecule has 0 unspecified atom stereocenters. The molecular weight excluding hydrogens is 286 g/mol. The first-order valence-corrected chi connectivity index (χ1v) is 7.53. The summed E-state index contributed by atoms with van der Waals surface area (Å²) in [6.45, 7) is 4.46. The lowest BCUT2D eigenvalue weighted by Gasteiger charge is -2.29. The lowest BCUT2D eigenvalue weighted by atomic mass is 10.2. The van der Waals surface area contributed by atoms with Gasteiger partial charge in [0.2, 0.25) is 5.43 Å². The van der Waals surface area contributed by atoms with Crippen LogP contribution in [0.2, 0.25) is 0 Å². The topological polar surface area (TPSA) is 78.2 Å². The van der Waals surface area contributed by atoms with Crippen LogP contribution in [-0.2, 0) is 24.4 Å². The number of aliphatic hydroxyl groups is 1. The van der Waals surface area contributed by atoms with Crippen molar-refractivity contribution in [3.63, 3.8) is 0 Å². The first kappa shape index (κ1) is 17.0. The second-order valence-electron chi connectivity index (χ2n) is 5.80. The molecule has 22 heavy (non-hydrogen) atoms. The smallest absolute Gasteiger partial charge is 0.223 e. The van der Waals surface area contributed by atoms with Gasteiger partial charge in [-0.3, -0.25) is 9.69 Å². The highest BCUT2D eigenvalue weighted by atomic mass is 16.5. The summed E-state index contributed by atoms with van der Waals surface area (Å²) in [7, 11) is 3.92. The molecule has 2 rings (SSSR count). The van der Waals surface area contributed by atoms with Crippen LogP contribution >= 0.6 is 0 Å². The molecule has 1 aliphatic rings. The Labute approximate surface area is 130 Å².